The van der Waals surface area contributed by atoms with Crippen molar-refractivity contribution in [3.63, 3.8) is 0 Å². The number of hydrogen-bond donors (Lipinski definition) is 2. The number of ether oxygens (including phenoxy) is 1. The second kappa shape index (κ2) is 7.20. The van der Waals surface area contributed by atoms with Gasteiger partial charge in [0.25, 0.3) is 5.91 Å². The summed E-state index contributed by atoms with van der Waals surface area (Å²) in [6, 6.07) is 11.5. The van der Waals surface area contributed by atoms with Crippen LogP contribution >= 0.6 is 11.3 Å². The molecule has 0 bridgehead atoms. The second-order valence-corrected chi connectivity index (χ2v) is 7.10. The van der Waals surface area contributed by atoms with E-state index in [0.717, 1.165) is 21.8 Å². The van der Waals surface area contributed by atoms with Crippen LogP contribution in [0.3, 0.4) is 0 Å². The fraction of sp³-hybridized carbons (Fsp3) is 0.222. The summed E-state index contributed by atoms with van der Waals surface area (Å²) >= 11 is 1.35. The van der Waals surface area contributed by atoms with Crippen molar-refractivity contribution < 1.29 is 14.3 Å². The average Bonchev–Trinajstić information content (AvgIpc) is 3.34. The minimum Gasteiger partial charge on any atom is -0.453 e. The maximum Gasteiger partial charge on any atom is 0.413 e. The lowest BCUT2D eigenvalue weighted by Crippen LogP contribution is -2.35. The molecule has 0 fully saturated rings. The third-order valence-electron chi connectivity index (χ3n) is 4.29. The molecule has 8 nitrogen and oxygen atoms in total. The van der Waals surface area contributed by atoms with Gasteiger partial charge in [-0.2, -0.15) is 5.10 Å². The molecule has 3 heterocycles. The highest BCUT2D eigenvalue weighted by Gasteiger charge is 2.26. The first-order chi connectivity index (χ1) is 13.1. The van der Waals surface area contributed by atoms with Crippen LogP contribution in [0.1, 0.15) is 21.1 Å². The van der Waals surface area contributed by atoms with Crippen LogP contribution in [-0.4, -0.2) is 45.7 Å². The molecular weight excluding hydrogens is 366 g/mol. The molecule has 138 valence electrons. The number of amides is 2. The van der Waals surface area contributed by atoms with Gasteiger partial charge in [0.15, 0.2) is 5.13 Å². The monoisotopic (exact) mass is 383 g/mol. The van der Waals surface area contributed by atoms with Crippen molar-refractivity contribution in [2.45, 2.75) is 13.0 Å². The highest BCUT2D eigenvalue weighted by molar-refractivity contribution is 7.15. The summed E-state index contributed by atoms with van der Waals surface area (Å²) in [7, 11) is 1.30. The lowest BCUT2D eigenvalue weighted by molar-refractivity contribution is 0.0730. The van der Waals surface area contributed by atoms with Crippen molar-refractivity contribution in [3.05, 3.63) is 52.7 Å². The highest BCUT2D eigenvalue weighted by atomic mass is 32.1. The zero-order chi connectivity index (χ0) is 18.8. The first kappa shape index (κ1) is 17.2. The smallest absolute Gasteiger partial charge is 0.413 e. The summed E-state index contributed by atoms with van der Waals surface area (Å²) in [4.78, 5) is 31.3. The third kappa shape index (κ3) is 3.54. The van der Waals surface area contributed by atoms with Gasteiger partial charge < -0.3 is 9.64 Å². The Morgan fingerprint density at radius 1 is 1.30 bits per heavy atom. The van der Waals surface area contributed by atoms with Gasteiger partial charge in [0, 0.05) is 23.4 Å². The number of nitrogens with zero attached hydrogens (tertiary/aromatic N) is 3. The molecule has 0 spiro atoms. The Labute approximate surface area is 159 Å². The number of H-pyrrole nitrogens is 1. The van der Waals surface area contributed by atoms with E-state index < -0.39 is 6.09 Å². The van der Waals surface area contributed by atoms with Crippen LogP contribution in [0, 0.1) is 0 Å². The molecule has 1 aliphatic rings. The van der Waals surface area contributed by atoms with Crippen LogP contribution in [0.2, 0.25) is 0 Å². The van der Waals surface area contributed by atoms with Gasteiger partial charge >= 0.3 is 6.09 Å². The SMILES string of the molecule is COC(=O)Nc1nc2c(s1)CN(C(=O)c1cc(-c3ccccc3)n[nH]1)CC2. The summed E-state index contributed by atoms with van der Waals surface area (Å²) in [5, 5.41) is 10.1. The van der Waals surface area contributed by atoms with E-state index in [4.69, 9.17) is 0 Å². The van der Waals surface area contributed by atoms with E-state index in [9.17, 15) is 9.59 Å². The van der Waals surface area contributed by atoms with Crippen LogP contribution in [0.4, 0.5) is 9.93 Å². The van der Waals surface area contributed by atoms with Crippen molar-refractivity contribution in [3.8, 4) is 11.3 Å². The topological polar surface area (TPSA) is 100 Å². The molecule has 0 aliphatic carbocycles. The molecule has 3 aromatic rings. The van der Waals surface area contributed by atoms with Gasteiger partial charge in [-0.15, -0.1) is 0 Å². The van der Waals surface area contributed by atoms with Crippen LogP contribution in [-0.2, 0) is 17.7 Å². The number of rotatable bonds is 3. The van der Waals surface area contributed by atoms with Gasteiger partial charge in [-0.25, -0.2) is 9.78 Å². The minimum atomic E-state index is -0.556. The molecule has 27 heavy (non-hydrogen) atoms. The molecule has 0 unspecified atom stereocenters. The average molecular weight is 383 g/mol. The fourth-order valence-corrected chi connectivity index (χ4v) is 3.93. The molecule has 2 aromatic heterocycles. The van der Waals surface area contributed by atoms with Crippen molar-refractivity contribution >= 4 is 28.5 Å². The number of anilines is 1. The Hall–Kier alpha value is -3.20. The number of thiazole rings is 1. The van der Waals surface area contributed by atoms with E-state index in [1.807, 2.05) is 30.3 Å². The van der Waals surface area contributed by atoms with E-state index in [1.54, 1.807) is 11.0 Å². The number of hydrogen-bond acceptors (Lipinski definition) is 6. The quantitative estimate of drug-likeness (QED) is 0.724. The van der Waals surface area contributed by atoms with Gasteiger partial charge in [-0.05, 0) is 6.07 Å². The Bertz CT molecular complexity index is 982. The van der Waals surface area contributed by atoms with Crippen LogP contribution in [0.15, 0.2) is 36.4 Å². The van der Waals surface area contributed by atoms with Gasteiger partial charge in [-0.3, -0.25) is 15.2 Å². The van der Waals surface area contributed by atoms with Gasteiger partial charge in [0.2, 0.25) is 0 Å². The lowest BCUT2D eigenvalue weighted by Gasteiger charge is -2.25. The number of aromatic nitrogens is 3. The summed E-state index contributed by atoms with van der Waals surface area (Å²) in [6.45, 7) is 1.02. The van der Waals surface area contributed by atoms with Crippen LogP contribution < -0.4 is 5.32 Å². The van der Waals surface area contributed by atoms with Crippen molar-refractivity contribution in [2.75, 3.05) is 19.0 Å². The van der Waals surface area contributed by atoms with E-state index >= 15 is 0 Å². The number of carbonyl (C=O) groups is 2. The number of fused-ring (bicyclic) bond motifs is 1. The Morgan fingerprint density at radius 3 is 2.89 bits per heavy atom. The molecule has 4 rings (SSSR count). The molecule has 2 N–H and O–H groups in total. The highest BCUT2D eigenvalue weighted by Crippen LogP contribution is 2.29. The van der Waals surface area contributed by atoms with Crippen LogP contribution in [0.5, 0.6) is 0 Å². The third-order valence-corrected chi connectivity index (χ3v) is 5.29. The van der Waals surface area contributed by atoms with Crippen molar-refractivity contribution in [2.24, 2.45) is 0 Å². The number of nitrogens with one attached hydrogen (secondary N) is 2. The predicted molar refractivity (Wildman–Crippen MR) is 101 cm³/mol. The van der Waals surface area contributed by atoms with Crippen molar-refractivity contribution in [1.82, 2.24) is 20.1 Å². The van der Waals surface area contributed by atoms with Crippen molar-refractivity contribution in [1.29, 1.82) is 0 Å². The Morgan fingerprint density at radius 2 is 2.11 bits per heavy atom. The predicted octanol–water partition coefficient (Wildman–Crippen LogP) is 2.91. The Balaban J connectivity index is 1.48. The molecule has 0 saturated carbocycles. The normalized spacial score (nSPS) is 13.1. The summed E-state index contributed by atoms with van der Waals surface area (Å²) in [6.07, 6.45) is 0.0834. The van der Waals surface area contributed by atoms with E-state index in [0.29, 0.717) is 30.3 Å². The standard InChI is InChI=1S/C18H17N5O3S/c1-26-18(25)20-17-19-12-7-8-23(10-15(12)27-17)16(24)14-9-13(21-22-14)11-5-3-2-4-6-11/h2-6,9H,7-8,10H2,1H3,(H,21,22)(H,19,20,25). The number of aromatic amines is 1. The zero-order valence-electron chi connectivity index (χ0n) is 14.6. The molecule has 1 aliphatic heterocycles. The number of methoxy groups -OCH3 is 1. The zero-order valence-corrected chi connectivity index (χ0v) is 15.4. The summed E-state index contributed by atoms with van der Waals surface area (Å²) in [5.41, 5.74) is 3.05. The van der Waals surface area contributed by atoms with Gasteiger partial charge in [0.05, 0.1) is 25.0 Å². The largest absolute Gasteiger partial charge is 0.453 e. The molecule has 1 aromatic carbocycles. The first-order valence-electron chi connectivity index (χ1n) is 8.37. The van der Waals surface area contributed by atoms with E-state index in [-0.39, 0.29) is 5.91 Å². The molecule has 0 saturated heterocycles. The minimum absolute atomic E-state index is 0.105. The Kier molecular flexibility index (Phi) is 4.59. The van der Waals surface area contributed by atoms with Gasteiger partial charge in [-0.1, -0.05) is 41.7 Å². The summed E-state index contributed by atoms with van der Waals surface area (Å²) in [5.74, 6) is -0.105. The van der Waals surface area contributed by atoms with Gasteiger partial charge in [0.1, 0.15) is 5.69 Å². The molecule has 0 radical (unpaired) electrons. The first-order valence-corrected chi connectivity index (χ1v) is 9.19. The van der Waals surface area contributed by atoms with E-state index in [2.05, 4.69) is 25.2 Å². The molecule has 0 atom stereocenters. The molecule has 9 heteroatoms. The second-order valence-electron chi connectivity index (χ2n) is 6.02. The van der Waals surface area contributed by atoms with E-state index in [1.165, 1.54) is 18.4 Å². The number of benzene rings is 1. The lowest BCUT2D eigenvalue weighted by atomic mass is 10.1. The maximum atomic E-state index is 12.8. The molecular formula is C18H17N5O3S. The van der Waals surface area contributed by atoms with Crippen LogP contribution in [0.25, 0.3) is 11.3 Å². The number of carbonyl (C=O) groups excluding carboxylic acids is 2. The maximum absolute atomic E-state index is 12.8. The summed E-state index contributed by atoms with van der Waals surface area (Å²) < 4.78 is 4.58. The molecule has 2 amide bonds. The fourth-order valence-electron chi connectivity index (χ4n) is 2.92.